The molecule has 0 atom stereocenters. The molecule has 4 nitrogen and oxygen atoms in total. The van der Waals surface area contributed by atoms with Gasteiger partial charge in [0.1, 0.15) is 0 Å². The molecule has 0 unspecified atom stereocenters. The first-order valence-corrected chi connectivity index (χ1v) is 5.68. The van der Waals surface area contributed by atoms with Crippen molar-refractivity contribution < 1.29 is 19.8 Å². The molecule has 0 saturated carbocycles. The zero-order valence-electron chi connectivity index (χ0n) is 11.4. The van der Waals surface area contributed by atoms with Crippen LogP contribution in [0.2, 0.25) is 0 Å². The van der Waals surface area contributed by atoms with Crippen molar-refractivity contribution in [1.29, 1.82) is 0 Å². The molecule has 0 aliphatic heterocycles. The van der Waals surface area contributed by atoms with Crippen molar-refractivity contribution in [3.63, 3.8) is 0 Å². The van der Waals surface area contributed by atoms with Crippen LogP contribution in [0.3, 0.4) is 0 Å². The fourth-order valence-electron chi connectivity index (χ4n) is 2.01. The van der Waals surface area contributed by atoms with Crippen LogP contribution in [0, 0.1) is 10.8 Å². The molecule has 1 rings (SSSR count). The van der Waals surface area contributed by atoms with E-state index in [0.29, 0.717) is 5.56 Å². The number of hydrogen-bond donors (Lipinski definition) is 0. The first-order chi connectivity index (χ1) is 8.22. The van der Waals surface area contributed by atoms with Crippen molar-refractivity contribution >= 4 is 60.8 Å². The summed E-state index contributed by atoms with van der Waals surface area (Å²) in [6, 6.07) is 8.61. The summed E-state index contributed by atoms with van der Waals surface area (Å²) in [6.07, 6.45) is -0.151. The van der Waals surface area contributed by atoms with Crippen molar-refractivity contribution in [3.8, 4) is 0 Å². The second kappa shape index (κ2) is 6.95. The largest absolute Gasteiger partial charge is 2.00 e. The molecule has 1 aromatic rings. The monoisotopic (exact) mass is 386 g/mol. The number of carboxylic acid groups (broad SMARTS) is 2. The third-order valence-electron chi connectivity index (χ3n) is 3.29. The Morgan fingerprint density at radius 2 is 1.42 bits per heavy atom. The molecule has 0 heterocycles. The maximum atomic E-state index is 11.4. The van der Waals surface area contributed by atoms with E-state index in [4.69, 9.17) is 0 Å². The molecule has 0 aliphatic carbocycles. The number of benzene rings is 1. The van der Waals surface area contributed by atoms with E-state index in [-0.39, 0.29) is 55.3 Å². The van der Waals surface area contributed by atoms with Gasteiger partial charge in [-0.05, 0) is 17.4 Å². The maximum absolute atomic E-state index is 11.4. The molecule has 0 amide bonds. The Hall–Kier alpha value is -0.269. The number of carbonyl (C=O) groups is 2. The van der Waals surface area contributed by atoms with Gasteiger partial charge in [-0.2, -0.15) is 0 Å². The van der Waals surface area contributed by atoms with Crippen LogP contribution in [0.25, 0.3) is 0 Å². The summed E-state index contributed by atoms with van der Waals surface area (Å²) in [4.78, 5) is 22.8. The molecule has 0 bridgehead atoms. The second-order valence-electron chi connectivity index (χ2n) is 5.39. The first kappa shape index (κ1) is 18.7. The molecule has 5 heteroatoms. The fraction of sp³-hybridized carbons (Fsp3) is 0.429. The Balaban J connectivity index is 0.00000324. The van der Waals surface area contributed by atoms with Gasteiger partial charge >= 0.3 is 48.9 Å². The van der Waals surface area contributed by atoms with Crippen LogP contribution < -0.4 is 10.2 Å². The molecule has 0 fully saturated rings. The normalized spacial score (nSPS) is 11.5. The van der Waals surface area contributed by atoms with Gasteiger partial charge in [0.15, 0.2) is 0 Å². The SMILES string of the molecule is CC(C)(C)C(Cc1ccccc1)(C(=O)[O-])C(=O)[O-].[Ba+2]. The molecule has 0 aliphatic rings. The summed E-state index contributed by atoms with van der Waals surface area (Å²) in [6.45, 7) is 4.67. The quantitative estimate of drug-likeness (QED) is 0.511. The van der Waals surface area contributed by atoms with Gasteiger partial charge < -0.3 is 19.8 Å². The Morgan fingerprint density at radius 1 is 1.00 bits per heavy atom. The maximum Gasteiger partial charge on any atom is 2.00 e. The van der Waals surface area contributed by atoms with Crippen molar-refractivity contribution in [2.24, 2.45) is 10.8 Å². The summed E-state index contributed by atoms with van der Waals surface area (Å²) >= 11 is 0. The third kappa shape index (κ3) is 3.86. The summed E-state index contributed by atoms with van der Waals surface area (Å²) in [5.74, 6) is -3.22. The van der Waals surface area contributed by atoms with Crippen LogP contribution in [0.5, 0.6) is 0 Å². The van der Waals surface area contributed by atoms with Crippen LogP contribution in [0.1, 0.15) is 26.3 Å². The van der Waals surface area contributed by atoms with Crippen LogP contribution in [0.15, 0.2) is 30.3 Å². The summed E-state index contributed by atoms with van der Waals surface area (Å²) < 4.78 is 0. The predicted molar refractivity (Wildman–Crippen MR) is 67.8 cm³/mol. The van der Waals surface area contributed by atoms with Gasteiger partial charge in [0, 0.05) is 0 Å². The van der Waals surface area contributed by atoms with Gasteiger partial charge in [-0.15, -0.1) is 0 Å². The van der Waals surface area contributed by atoms with Gasteiger partial charge in [-0.3, -0.25) is 0 Å². The van der Waals surface area contributed by atoms with Gasteiger partial charge in [0.05, 0.1) is 17.4 Å². The minimum Gasteiger partial charge on any atom is -0.549 e. The van der Waals surface area contributed by atoms with Crippen LogP contribution >= 0.6 is 0 Å². The van der Waals surface area contributed by atoms with E-state index in [1.54, 1.807) is 51.1 Å². The van der Waals surface area contributed by atoms with E-state index in [1.807, 2.05) is 0 Å². The standard InChI is InChI=1S/C14H18O4.Ba/c1-13(2,3)14(11(15)16,12(17)18)9-10-7-5-4-6-8-10;/h4-8H,9H2,1-3H3,(H,15,16)(H,17,18);/q;+2/p-2. The van der Waals surface area contributed by atoms with E-state index in [0.717, 1.165) is 0 Å². The molecule has 0 radical (unpaired) electrons. The van der Waals surface area contributed by atoms with Crippen molar-refractivity contribution in [3.05, 3.63) is 35.9 Å². The minimum absolute atomic E-state index is 0. The topological polar surface area (TPSA) is 80.3 Å². The van der Waals surface area contributed by atoms with E-state index in [1.165, 1.54) is 0 Å². The first-order valence-electron chi connectivity index (χ1n) is 5.68. The molecule has 0 aromatic heterocycles. The third-order valence-corrected chi connectivity index (χ3v) is 3.29. The van der Waals surface area contributed by atoms with Crippen molar-refractivity contribution in [2.45, 2.75) is 27.2 Å². The van der Waals surface area contributed by atoms with Crippen molar-refractivity contribution in [2.75, 3.05) is 0 Å². The van der Waals surface area contributed by atoms with Crippen LogP contribution in [0.4, 0.5) is 0 Å². The average Bonchev–Trinajstić information content (AvgIpc) is 2.24. The smallest absolute Gasteiger partial charge is 0.549 e. The Bertz CT molecular complexity index is 434. The van der Waals surface area contributed by atoms with Crippen LogP contribution in [-0.2, 0) is 16.0 Å². The summed E-state index contributed by atoms with van der Waals surface area (Å²) in [7, 11) is 0. The van der Waals surface area contributed by atoms with Gasteiger partial charge in [0.25, 0.3) is 0 Å². The van der Waals surface area contributed by atoms with Crippen LogP contribution in [-0.4, -0.2) is 60.8 Å². The molecule has 19 heavy (non-hydrogen) atoms. The number of aliphatic carboxylic acids is 2. The number of carbonyl (C=O) groups excluding carboxylic acids is 2. The number of hydrogen-bond acceptors (Lipinski definition) is 4. The zero-order chi connectivity index (χ0) is 14.0. The van der Waals surface area contributed by atoms with E-state index in [9.17, 15) is 19.8 Å². The van der Waals surface area contributed by atoms with Crippen molar-refractivity contribution in [1.82, 2.24) is 0 Å². The number of carboxylic acids is 2. The molecule has 0 saturated heterocycles. The summed E-state index contributed by atoms with van der Waals surface area (Å²) in [5.41, 5.74) is -2.43. The van der Waals surface area contributed by atoms with Gasteiger partial charge in [-0.1, -0.05) is 51.1 Å². The fourth-order valence-corrected chi connectivity index (χ4v) is 2.01. The molecule has 0 N–H and O–H groups in total. The molecule has 98 valence electrons. The second-order valence-corrected chi connectivity index (χ2v) is 5.39. The van der Waals surface area contributed by atoms with Gasteiger partial charge in [0.2, 0.25) is 0 Å². The molecular formula is C14H16BaO4. The Morgan fingerprint density at radius 3 is 1.74 bits per heavy atom. The zero-order valence-corrected chi connectivity index (χ0v) is 15.9. The molecule has 0 spiro atoms. The Labute approximate surface area is 153 Å². The van der Waals surface area contributed by atoms with E-state index in [2.05, 4.69) is 0 Å². The molecule has 1 aromatic carbocycles. The average molecular weight is 386 g/mol. The number of rotatable bonds is 4. The van der Waals surface area contributed by atoms with E-state index < -0.39 is 22.8 Å². The Kier molecular flexibility index (Phi) is 6.85. The minimum atomic E-state index is -2.05. The van der Waals surface area contributed by atoms with Gasteiger partial charge in [-0.25, -0.2) is 0 Å². The summed E-state index contributed by atoms with van der Waals surface area (Å²) in [5, 5.41) is 22.8. The predicted octanol–water partition coefficient (Wildman–Crippen LogP) is -0.619. The van der Waals surface area contributed by atoms with E-state index >= 15 is 0 Å². The molecular weight excluding hydrogens is 369 g/mol.